The number of aryl methyl sites for hydroxylation is 1. The SMILES string of the molecule is Cc1ccc(S(=O)(=O)N2CCC[C@H](C(=O)N(C3CCCCC3)C3CCCCC3)C2)cc1. The highest BCUT2D eigenvalue weighted by Gasteiger charge is 2.39. The molecule has 0 bridgehead atoms. The molecule has 1 atom stereocenters. The third kappa shape index (κ3) is 5.16. The molecule has 2 aliphatic carbocycles. The third-order valence-electron chi connectivity index (χ3n) is 7.58. The van der Waals surface area contributed by atoms with Crippen molar-refractivity contribution in [2.75, 3.05) is 13.1 Å². The van der Waals surface area contributed by atoms with E-state index in [1.807, 2.05) is 19.1 Å². The van der Waals surface area contributed by atoms with Gasteiger partial charge in [0.1, 0.15) is 0 Å². The van der Waals surface area contributed by atoms with Gasteiger partial charge in [-0.3, -0.25) is 4.79 Å². The maximum absolute atomic E-state index is 13.9. The molecule has 172 valence electrons. The number of amides is 1. The van der Waals surface area contributed by atoms with Crippen molar-refractivity contribution in [2.24, 2.45) is 5.92 Å². The summed E-state index contributed by atoms with van der Waals surface area (Å²) in [6.45, 7) is 2.79. The number of benzene rings is 1. The van der Waals surface area contributed by atoms with Gasteiger partial charge >= 0.3 is 0 Å². The van der Waals surface area contributed by atoms with Gasteiger partial charge < -0.3 is 4.90 Å². The Labute approximate surface area is 188 Å². The quantitative estimate of drug-likeness (QED) is 0.647. The summed E-state index contributed by atoms with van der Waals surface area (Å²) < 4.78 is 28.0. The van der Waals surface area contributed by atoms with Crippen LogP contribution in [0, 0.1) is 12.8 Å². The molecule has 1 aromatic rings. The van der Waals surface area contributed by atoms with Crippen LogP contribution >= 0.6 is 0 Å². The molecule has 0 N–H and O–H groups in total. The van der Waals surface area contributed by atoms with Gasteiger partial charge in [-0.2, -0.15) is 4.31 Å². The number of hydrogen-bond donors (Lipinski definition) is 0. The predicted octanol–water partition coefficient (Wildman–Crippen LogP) is 4.89. The smallest absolute Gasteiger partial charge is 0.243 e. The summed E-state index contributed by atoms with van der Waals surface area (Å²) >= 11 is 0. The maximum Gasteiger partial charge on any atom is 0.243 e. The van der Waals surface area contributed by atoms with Crippen molar-refractivity contribution in [3.63, 3.8) is 0 Å². The van der Waals surface area contributed by atoms with E-state index in [0.29, 0.717) is 30.1 Å². The summed E-state index contributed by atoms with van der Waals surface area (Å²) in [5.41, 5.74) is 1.04. The Bertz CT molecular complexity index is 822. The third-order valence-corrected chi connectivity index (χ3v) is 9.46. The van der Waals surface area contributed by atoms with Gasteiger partial charge in [0.25, 0.3) is 0 Å². The standard InChI is InChI=1S/C25H38N2O3S/c1-20-14-16-24(17-15-20)31(29,30)26-18-8-9-21(19-26)25(28)27(22-10-4-2-5-11-22)23-12-6-3-7-13-23/h14-17,21-23H,2-13,18-19H2,1H3/t21-/m0/s1. The number of nitrogens with zero attached hydrogens (tertiary/aromatic N) is 2. The summed E-state index contributed by atoms with van der Waals surface area (Å²) in [7, 11) is -3.56. The van der Waals surface area contributed by atoms with Crippen LogP contribution in [-0.2, 0) is 14.8 Å². The molecule has 3 aliphatic rings. The summed E-state index contributed by atoms with van der Waals surface area (Å²) in [5.74, 6) is 0.0143. The lowest BCUT2D eigenvalue weighted by atomic mass is 9.86. The van der Waals surface area contributed by atoms with E-state index >= 15 is 0 Å². The molecule has 1 saturated heterocycles. The lowest BCUT2D eigenvalue weighted by Gasteiger charge is -2.44. The van der Waals surface area contributed by atoms with E-state index in [1.165, 1.54) is 38.5 Å². The zero-order valence-electron chi connectivity index (χ0n) is 19.0. The molecule has 5 nitrogen and oxygen atoms in total. The average molecular weight is 447 g/mol. The van der Waals surface area contributed by atoms with E-state index in [2.05, 4.69) is 4.90 Å². The highest BCUT2D eigenvalue weighted by atomic mass is 32.2. The molecule has 1 aromatic carbocycles. The lowest BCUT2D eigenvalue weighted by Crippen LogP contribution is -2.54. The zero-order chi connectivity index (χ0) is 21.8. The fourth-order valence-corrected chi connectivity index (χ4v) is 7.33. The van der Waals surface area contributed by atoms with Gasteiger partial charge in [-0.15, -0.1) is 0 Å². The second-order valence-electron chi connectivity index (χ2n) is 9.84. The molecule has 0 radical (unpaired) electrons. The summed E-state index contributed by atoms with van der Waals surface area (Å²) in [6.07, 6.45) is 13.4. The van der Waals surface area contributed by atoms with Crippen molar-refractivity contribution in [1.29, 1.82) is 0 Å². The van der Waals surface area contributed by atoms with Gasteiger partial charge in [-0.1, -0.05) is 56.2 Å². The Balaban J connectivity index is 1.52. The molecule has 31 heavy (non-hydrogen) atoms. The highest BCUT2D eigenvalue weighted by Crippen LogP contribution is 2.33. The minimum absolute atomic E-state index is 0.210. The van der Waals surface area contributed by atoms with Crippen LogP contribution in [0.15, 0.2) is 29.2 Å². The normalized spacial score (nSPS) is 24.7. The van der Waals surface area contributed by atoms with Gasteiger partial charge in [-0.25, -0.2) is 8.42 Å². The van der Waals surface area contributed by atoms with Crippen LogP contribution in [-0.4, -0.2) is 48.7 Å². The molecule has 1 aliphatic heterocycles. The molecule has 6 heteroatoms. The molecule has 0 unspecified atom stereocenters. The monoisotopic (exact) mass is 446 g/mol. The summed E-state index contributed by atoms with van der Waals surface area (Å²) in [5, 5.41) is 0. The molecule has 4 rings (SSSR count). The molecular weight excluding hydrogens is 408 g/mol. The molecule has 0 aromatic heterocycles. The van der Waals surface area contributed by atoms with E-state index in [9.17, 15) is 13.2 Å². The zero-order valence-corrected chi connectivity index (χ0v) is 19.8. The van der Waals surface area contributed by atoms with Gasteiger partial charge in [0.2, 0.25) is 15.9 Å². The first-order valence-electron chi connectivity index (χ1n) is 12.4. The molecule has 1 heterocycles. The van der Waals surface area contributed by atoms with E-state index in [1.54, 1.807) is 16.4 Å². The van der Waals surface area contributed by atoms with Crippen molar-refractivity contribution in [1.82, 2.24) is 9.21 Å². The van der Waals surface area contributed by atoms with Crippen LogP contribution < -0.4 is 0 Å². The topological polar surface area (TPSA) is 57.7 Å². The van der Waals surface area contributed by atoms with Crippen LogP contribution in [0.2, 0.25) is 0 Å². The van der Waals surface area contributed by atoms with Gasteiger partial charge in [0.05, 0.1) is 10.8 Å². The molecule has 0 spiro atoms. The molecule has 1 amide bonds. The van der Waals surface area contributed by atoms with Crippen LogP contribution in [0.5, 0.6) is 0 Å². The van der Waals surface area contributed by atoms with E-state index in [-0.39, 0.29) is 11.8 Å². The second kappa shape index (κ2) is 10.0. The Hall–Kier alpha value is -1.40. The number of rotatable bonds is 5. The number of carbonyl (C=O) groups excluding carboxylic acids is 1. The van der Waals surface area contributed by atoms with E-state index in [4.69, 9.17) is 0 Å². The second-order valence-corrected chi connectivity index (χ2v) is 11.8. The van der Waals surface area contributed by atoms with Crippen LogP contribution in [0.1, 0.15) is 82.6 Å². The van der Waals surface area contributed by atoms with Gasteiger partial charge in [0, 0.05) is 25.2 Å². The number of hydrogen-bond acceptors (Lipinski definition) is 3. The van der Waals surface area contributed by atoms with Crippen LogP contribution in [0.4, 0.5) is 0 Å². The predicted molar refractivity (Wildman–Crippen MR) is 123 cm³/mol. The van der Waals surface area contributed by atoms with Crippen molar-refractivity contribution in [2.45, 2.75) is 101 Å². The van der Waals surface area contributed by atoms with Crippen molar-refractivity contribution < 1.29 is 13.2 Å². The minimum Gasteiger partial charge on any atom is -0.336 e. The lowest BCUT2D eigenvalue weighted by molar-refractivity contribution is -0.143. The molecule has 3 fully saturated rings. The Morgan fingerprint density at radius 3 is 1.94 bits per heavy atom. The van der Waals surface area contributed by atoms with Crippen molar-refractivity contribution in [3.8, 4) is 0 Å². The Morgan fingerprint density at radius 2 is 1.39 bits per heavy atom. The average Bonchev–Trinajstić information content (AvgIpc) is 2.81. The van der Waals surface area contributed by atoms with Crippen molar-refractivity contribution >= 4 is 15.9 Å². The highest BCUT2D eigenvalue weighted by molar-refractivity contribution is 7.89. The molecular formula is C25H38N2O3S. The van der Waals surface area contributed by atoms with E-state index in [0.717, 1.165) is 44.1 Å². The number of sulfonamides is 1. The first-order chi connectivity index (χ1) is 15.0. The number of carbonyl (C=O) groups is 1. The van der Waals surface area contributed by atoms with Crippen LogP contribution in [0.25, 0.3) is 0 Å². The largest absolute Gasteiger partial charge is 0.336 e. The van der Waals surface area contributed by atoms with Gasteiger partial charge in [0.15, 0.2) is 0 Å². The summed E-state index contributed by atoms with van der Waals surface area (Å²) in [6, 6.07) is 7.77. The van der Waals surface area contributed by atoms with E-state index < -0.39 is 10.0 Å². The first kappa shape index (κ1) is 22.8. The fourth-order valence-electron chi connectivity index (χ4n) is 5.81. The van der Waals surface area contributed by atoms with Gasteiger partial charge in [-0.05, 0) is 57.6 Å². The van der Waals surface area contributed by atoms with Crippen LogP contribution in [0.3, 0.4) is 0 Å². The van der Waals surface area contributed by atoms with Crippen molar-refractivity contribution in [3.05, 3.63) is 29.8 Å². The molecule has 2 saturated carbocycles. The number of piperidine rings is 1. The summed E-state index contributed by atoms with van der Waals surface area (Å²) in [4.78, 5) is 16.4. The fraction of sp³-hybridized carbons (Fsp3) is 0.720. The Morgan fingerprint density at radius 1 is 0.839 bits per heavy atom. The maximum atomic E-state index is 13.9. The minimum atomic E-state index is -3.56. The Kier molecular flexibility index (Phi) is 7.37. The first-order valence-corrected chi connectivity index (χ1v) is 13.8.